The number of aromatic nitrogens is 1. The van der Waals surface area contributed by atoms with Crippen LogP contribution in [0.4, 0.5) is 17.2 Å². The van der Waals surface area contributed by atoms with Crippen molar-refractivity contribution >= 4 is 34.7 Å². The second-order valence-corrected chi connectivity index (χ2v) is 5.44. The SMILES string of the molecule is O=C(Nc1ccc(Nc2ccccc2Cl)cn1)C1CCCO1. The molecule has 0 radical (unpaired) electrons. The lowest BCUT2D eigenvalue weighted by molar-refractivity contribution is -0.124. The molecule has 0 spiro atoms. The van der Waals surface area contributed by atoms with Crippen molar-refractivity contribution in [3.05, 3.63) is 47.6 Å². The van der Waals surface area contributed by atoms with Gasteiger partial charge in [-0.25, -0.2) is 4.98 Å². The number of benzene rings is 1. The van der Waals surface area contributed by atoms with Crippen LogP contribution in [0.5, 0.6) is 0 Å². The highest BCUT2D eigenvalue weighted by Crippen LogP contribution is 2.24. The molecule has 22 heavy (non-hydrogen) atoms. The summed E-state index contributed by atoms with van der Waals surface area (Å²) < 4.78 is 5.34. The van der Waals surface area contributed by atoms with Crippen LogP contribution in [0.1, 0.15) is 12.8 Å². The van der Waals surface area contributed by atoms with E-state index < -0.39 is 0 Å². The first-order valence-electron chi connectivity index (χ1n) is 7.12. The number of anilines is 3. The first kappa shape index (κ1) is 14.8. The van der Waals surface area contributed by atoms with Gasteiger partial charge < -0.3 is 15.4 Å². The third kappa shape index (κ3) is 3.55. The van der Waals surface area contributed by atoms with Crippen LogP contribution in [0, 0.1) is 0 Å². The topological polar surface area (TPSA) is 63.2 Å². The Morgan fingerprint density at radius 3 is 2.82 bits per heavy atom. The van der Waals surface area contributed by atoms with E-state index in [9.17, 15) is 4.79 Å². The Morgan fingerprint density at radius 1 is 1.27 bits per heavy atom. The van der Waals surface area contributed by atoms with Gasteiger partial charge in [-0.3, -0.25) is 4.79 Å². The number of para-hydroxylation sites is 1. The highest BCUT2D eigenvalue weighted by Gasteiger charge is 2.23. The fourth-order valence-corrected chi connectivity index (χ4v) is 2.43. The summed E-state index contributed by atoms with van der Waals surface area (Å²) in [5.41, 5.74) is 1.60. The predicted molar refractivity (Wildman–Crippen MR) is 86.6 cm³/mol. The second-order valence-electron chi connectivity index (χ2n) is 5.03. The smallest absolute Gasteiger partial charge is 0.254 e. The molecule has 1 unspecified atom stereocenters. The Hall–Kier alpha value is -2.11. The van der Waals surface area contributed by atoms with Crippen LogP contribution in [-0.4, -0.2) is 23.6 Å². The number of pyridine rings is 1. The minimum atomic E-state index is -0.359. The monoisotopic (exact) mass is 317 g/mol. The summed E-state index contributed by atoms with van der Waals surface area (Å²) in [5.74, 6) is 0.363. The average Bonchev–Trinajstić information content (AvgIpc) is 3.06. The van der Waals surface area contributed by atoms with Crippen LogP contribution in [0.15, 0.2) is 42.6 Å². The number of carbonyl (C=O) groups excluding carboxylic acids is 1. The van der Waals surface area contributed by atoms with Crippen LogP contribution in [-0.2, 0) is 9.53 Å². The second kappa shape index (κ2) is 6.77. The molecule has 2 N–H and O–H groups in total. The first-order valence-corrected chi connectivity index (χ1v) is 7.50. The zero-order chi connectivity index (χ0) is 15.4. The molecule has 2 aromatic rings. The van der Waals surface area contributed by atoms with E-state index in [4.69, 9.17) is 16.3 Å². The lowest BCUT2D eigenvalue weighted by atomic mass is 10.2. The Balaban J connectivity index is 1.63. The Kier molecular flexibility index (Phi) is 4.56. The molecule has 0 bridgehead atoms. The first-order chi connectivity index (χ1) is 10.7. The molecule has 1 fully saturated rings. The summed E-state index contributed by atoms with van der Waals surface area (Å²) in [6.45, 7) is 0.645. The van der Waals surface area contributed by atoms with Crippen molar-refractivity contribution < 1.29 is 9.53 Å². The van der Waals surface area contributed by atoms with E-state index in [2.05, 4.69) is 15.6 Å². The molecule has 0 saturated carbocycles. The van der Waals surface area contributed by atoms with E-state index in [-0.39, 0.29) is 12.0 Å². The summed E-state index contributed by atoms with van der Waals surface area (Å²) >= 11 is 6.09. The average molecular weight is 318 g/mol. The minimum absolute atomic E-state index is 0.142. The highest BCUT2D eigenvalue weighted by molar-refractivity contribution is 6.33. The van der Waals surface area contributed by atoms with Gasteiger partial charge in [0.25, 0.3) is 5.91 Å². The van der Waals surface area contributed by atoms with Crippen LogP contribution in [0.2, 0.25) is 5.02 Å². The largest absolute Gasteiger partial charge is 0.368 e. The number of hydrogen-bond donors (Lipinski definition) is 2. The fraction of sp³-hybridized carbons (Fsp3) is 0.250. The van der Waals surface area contributed by atoms with Crippen molar-refractivity contribution in [3.63, 3.8) is 0 Å². The molecular weight excluding hydrogens is 302 g/mol. The molecule has 1 amide bonds. The summed E-state index contributed by atoms with van der Waals surface area (Å²) in [5, 5.41) is 6.57. The standard InChI is InChI=1S/C16H16ClN3O2/c17-12-4-1-2-5-13(12)19-11-7-8-15(18-10-11)20-16(21)14-6-3-9-22-14/h1-2,4-5,7-8,10,14,19H,3,6,9H2,(H,18,20,21). The van der Waals surface area contributed by atoms with Gasteiger partial charge in [0.05, 0.1) is 22.6 Å². The van der Waals surface area contributed by atoms with Gasteiger partial charge in [-0.1, -0.05) is 23.7 Å². The summed E-state index contributed by atoms with van der Waals surface area (Å²) in [4.78, 5) is 16.1. The number of hydrogen-bond acceptors (Lipinski definition) is 4. The molecule has 3 rings (SSSR count). The van der Waals surface area contributed by atoms with Gasteiger partial charge in [0, 0.05) is 6.61 Å². The maximum Gasteiger partial charge on any atom is 0.254 e. The van der Waals surface area contributed by atoms with Gasteiger partial charge in [-0.05, 0) is 37.1 Å². The van der Waals surface area contributed by atoms with E-state index in [0.717, 1.165) is 24.2 Å². The van der Waals surface area contributed by atoms with Crippen LogP contribution < -0.4 is 10.6 Å². The summed E-state index contributed by atoms with van der Waals surface area (Å²) in [7, 11) is 0. The van der Waals surface area contributed by atoms with Gasteiger partial charge in [0.15, 0.2) is 0 Å². The van der Waals surface area contributed by atoms with E-state index in [0.29, 0.717) is 17.4 Å². The molecule has 1 atom stereocenters. The molecule has 6 heteroatoms. The van der Waals surface area contributed by atoms with Crippen molar-refractivity contribution in [2.24, 2.45) is 0 Å². The predicted octanol–water partition coefficient (Wildman–Crippen LogP) is 3.60. The minimum Gasteiger partial charge on any atom is -0.368 e. The van der Waals surface area contributed by atoms with Gasteiger partial charge >= 0.3 is 0 Å². The molecule has 1 aliphatic rings. The van der Waals surface area contributed by atoms with Gasteiger partial charge in [-0.2, -0.15) is 0 Å². The lowest BCUT2D eigenvalue weighted by Crippen LogP contribution is -2.27. The van der Waals surface area contributed by atoms with Crippen LogP contribution in [0.25, 0.3) is 0 Å². The Morgan fingerprint density at radius 2 is 2.14 bits per heavy atom. The lowest BCUT2D eigenvalue weighted by Gasteiger charge is -2.11. The Labute approximate surface area is 133 Å². The molecule has 1 aliphatic heterocycles. The molecule has 114 valence electrons. The van der Waals surface area contributed by atoms with Crippen molar-refractivity contribution in [1.82, 2.24) is 4.98 Å². The number of carbonyl (C=O) groups is 1. The third-order valence-electron chi connectivity index (χ3n) is 3.39. The zero-order valence-electron chi connectivity index (χ0n) is 11.9. The summed E-state index contributed by atoms with van der Waals surface area (Å²) in [6.07, 6.45) is 2.97. The maximum absolute atomic E-state index is 11.9. The Bertz CT molecular complexity index is 655. The molecule has 1 aromatic heterocycles. The van der Waals surface area contributed by atoms with Gasteiger partial charge in [0.1, 0.15) is 11.9 Å². The molecule has 1 aromatic carbocycles. The quantitative estimate of drug-likeness (QED) is 0.904. The number of nitrogens with zero attached hydrogens (tertiary/aromatic N) is 1. The van der Waals surface area contributed by atoms with E-state index >= 15 is 0 Å². The normalized spacial score (nSPS) is 17.2. The van der Waals surface area contributed by atoms with Crippen LogP contribution >= 0.6 is 11.6 Å². The van der Waals surface area contributed by atoms with Gasteiger partial charge in [-0.15, -0.1) is 0 Å². The van der Waals surface area contributed by atoms with E-state index in [1.54, 1.807) is 12.3 Å². The van der Waals surface area contributed by atoms with Gasteiger partial charge in [0.2, 0.25) is 0 Å². The molecule has 0 aliphatic carbocycles. The van der Waals surface area contributed by atoms with Crippen molar-refractivity contribution in [1.29, 1.82) is 0 Å². The van der Waals surface area contributed by atoms with E-state index in [1.165, 1.54) is 0 Å². The zero-order valence-corrected chi connectivity index (χ0v) is 12.6. The fourth-order valence-electron chi connectivity index (χ4n) is 2.25. The molecule has 1 saturated heterocycles. The molecule has 5 nitrogen and oxygen atoms in total. The molecular formula is C16H16ClN3O2. The highest BCUT2D eigenvalue weighted by atomic mass is 35.5. The van der Waals surface area contributed by atoms with E-state index in [1.807, 2.05) is 30.3 Å². The third-order valence-corrected chi connectivity index (χ3v) is 3.72. The molecule has 2 heterocycles. The summed E-state index contributed by atoms with van der Waals surface area (Å²) in [6, 6.07) is 11.0. The van der Waals surface area contributed by atoms with Crippen molar-refractivity contribution in [2.45, 2.75) is 18.9 Å². The number of halogens is 1. The number of ether oxygens (including phenoxy) is 1. The van der Waals surface area contributed by atoms with Crippen molar-refractivity contribution in [3.8, 4) is 0 Å². The number of amides is 1. The van der Waals surface area contributed by atoms with Crippen molar-refractivity contribution in [2.75, 3.05) is 17.2 Å². The number of nitrogens with one attached hydrogen (secondary N) is 2. The number of rotatable bonds is 4. The van der Waals surface area contributed by atoms with Crippen LogP contribution in [0.3, 0.4) is 0 Å². The maximum atomic E-state index is 11.9.